The third-order valence-electron chi connectivity index (χ3n) is 14.0. The summed E-state index contributed by atoms with van der Waals surface area (Å²) in [7, 11) is -3.74. The van der Waals surface area contributed by atoms with Crippen LogP contribution in [0.25, 0.3) is 66.2 Å². The molecule has 4 N–H and O–H groups in total. The number of fused-ring (bicyclic) bond motifs is 9. The van der Waals surface area contributed by atoms with Crippen LogP contribution in [0, 0.1) is 18.3 Å². The van der Waals surface area contributed by atoms with Gasteiger partial charge < -0.3 is 16.3 Å². The molecule has 0 bridgehead atoms. The normalized spacial score (nSPS) is 18.0. The van der Waals surface area contributed by atoms with Gasteiger partial charge in [0.2, 0.25) is 5.91 Å². The molecule has 10 aromatic rings. The van der Waals surface area contributed by atoms with E-state index >= 15 is 0 Å². The number of aryl methyl sites for hydroxylation is 1. The molecule has 22 nitrogen and oxygen atoms in total. The van der Waals surface area contributed by atoms with Crippen LogP contribution in [0.1, 0.15) is 53.4 Å². The van der Waals surface area contributed by atoms with E-state index in [1.807, 2.05) is 53.3 Å². The van der Waals surface area contributed by atoms with Gasteiger partial charge >= 0.3 is 51.4 Å². The number of nitrogens with one attached hydrogen (secondary N) is 4. The maximum absolute atomic E-state index is 13.2. The SMILES string of the molecule is CCC1CN(C(=O)CC#N)CN1n1cnc2cnc3[nH]ccc3c21.CCC1CNCN1n1cnc2cnc3[nH]ccc3c21.CCC1CNCN1n1cnc2cnc3c(ccn3S(=O)(=O)c3ccc(C)cc3)c21.[H-].[K+]. The van der Waals surface area contributed by atoms with Gasteiger partial charge in [0.1, 0.15) is 76.5 Å². The summed E-state index contributed by atoms with van der Waals surface area (Å²) < 4.78 is 33.9. The number of nitrogens with zero attached hydrogens (tertiary/aromatic N) is 15. The van der Waals surface area contributed by atoms with Gasteiger partial charge in [-0.2, -0.15) is 5.26 Å². The minimum absolute atomic E-state index is 0. The van der Waals surface area contributed by atoms with Crippen LogP contribution in [0.4, 0.5) is 0 Å². The van der Waals surface area contributed by atoms with Crippen molar-refractivity contribution in [2.24, 2.45) is 0 Å². The Hall–Kier alpha value is -6.43. The van der Waals surface area contributed by atoms with Crippen molar-refractivity contribution in [3.05, 3.63) is 104 Å². The van der Waals surface area contributed by atoms with Gasteiger partial charge in [-0.3, -0.25) is 30.5 Å². The average Bonchev–Trinajstić information content (AvgIpc) is 4.24. The average molecular weight is 1030 g/mol. The van der Waals surface area contributed by atoms with Crippen molar-refractivity contribution in [1.29, 1.82) is 5.26 Å². The predicted octanol–water partition coefficient (Wildman–Crippen LogP) is 1.86. The van der Waals surface area contributed by atoms with Gasteiger partial charge in [0.05, 0.1) is 61.0 Å². The number of aromatic amines is 2. The van der Waals surface area contributed by atoms with E-state index in [9.17, 15) is 13.2 Å². The Kier molecular flexibility index (Phi) is 14.3. The van der Waals surface area contributed by atoms with Crippen LogP contribution >= 0.6 is 0 Å². The summed E-state index contributed by atoms with van der Waals surface area (Å²) >= 11 is 0. The maximum atomic E-state index is 13.2. The first-order chi connectivity index (χ1) is 35.1. The number of rotatable bonds is 9. The summed E-state index contributed by atoms with van der Waals surface area (Å²) in [5.41, 5.74) is 8.62. The second-order valence-electron chi connectivity index (χ2n) is 18.2. The van der Waals surface area contributed by atoms with E-state index in [1.165, 1.54) is 3.97 Å². The Morgan fingerprint density at radius 3 is 1.71 bits per heavy atom. The van der Waals surface area contributed by atoms with Crippen molar-refractivity contribution < 1.29 is 66.0 Å². The number of carbonyl (C=O) groups is 1. The molecule has 372 valence electrons. The summed E-state index contributed by atoms with van der Waals surface area (Å²) in [6, 6.07) is 15.7. The molecule has 3 saturated heterocycles. The van der Waals surface area contributed by atoms with Gasteiger partial charge in [0.25, 0.3) is 10.0 Å². The zero-order valence-corrected chi connectivity index (χ0v) is 45.3. The predicted molar refractivity (Wildman–Crippen MR) is 276 cm³/mol. The van der Waals surface area contributed by atoms with Crippen molar-refractivity contribution in [3.63, 3.8) is 0 Å². The molecule has 0 saturated carbocycles. The molecule has 73 heavy (non-hydrogen) atoms. The van der Waals surface area contributed by atoms with Gasteiger partial charge in [-0.05, 0) is 56.5 Å². The Balaban J connectivity index is 0.000000137. The van der Waals surface area contributed by atoms with Crippen LogP contribution in [0.15, 0.2) is 104 Å². The number of nitriles is 1. The standard InChI is InChI=1S/C20H22N6O2S.C16H17N7O.C13H16N6.K.H/c1-3-15-10-21-12-24(15)25-13-23-18-11-22-20-17(19(18)25)8-9-26(20)29(27,28)16-6-4-14(2)5-7-16;1-2-11-8-21(14(24)3-5-17)10-23(11)22-9-20-13-7-19-16-12(15(13)22)4-6-18-16;1-2-9-5-14-7-18(9)19-8-17-11-6-16-13-10(12(11)19)3-4-15-13;;/h4-9,11,13,15,21H,3,10,12H2,1-2H3;4,6-7,9,11H,2-3,8,10H2,1H3,(H,18,19);3-4,6,8-9,14H,2,5,7H2,1H3,(H,15,16);;/q;;;+1;-1. The summed E-state index contributed by atoms with van der Waals surface area (Å²) in [5.74, 6) is -0.128. The number of pyridine rings is 3. The molecule has 9 aromatic heterocycles. The maximum Gasteiger partial charge on any atom is 1.00 e. The largest absolute Gasteiger partial charge is 1.00 e. The van der Waals surface area contributed by atoms with Crippen molar-refractivity contribution in [2.45, 2.75) is 76.4 Å². The van der Waals surface area contributed by atoms with Crippen LogP contribution in [0.5, 0.6) is 0 Å². The minimum Gasteiger partial charge on any atom is -1.00 e. The molecule has 3 atom stereocenters. The zero-order chi connectivity index (χ0) is 49.7. The molecule has 3 unspecified atom stereocenters. The minimum atomic E-state index is -3.74. The van der Waals surface area contributed by atoms with Crippen LogP contribution in [0.3, 0.4) is 0 Å². The molecule has 0 radical (unpaired) electrons. The van der Waals surface area contributed by atoms with Crippen molar-refractivity contribution >= 4 is 82.1 Å². The summed E-state index contributed by atoms with van der Waals surface area (Å²) in [5, 5.41) is 25.2. The van der Waals surface area contributed by atoms with Gasteiger partial charge in [0.15, 0.2) is 5.65 Å². The summed E-state index contributed by atoms with van der Waals surface area (Å²) in [4.78, 5) is 47.0. The third-order valence-corrected chi connectivity index (χ3v) is 15.7. The Bertz CT molecular complexity index is 3760. The monoisotopic (exact) mass is 1030 g/mol. The molecule has 13 rings (SSSR count). The van der Waals surface area contributed by atoms with E-state index in [0.29, 0.717) is 30.9 Å². The summed E-state index contributed by atoms with van der Waals surface area (Å²) in [6.07, 6.45) is 19.0. The topological polar surface area (TPSA) is 241 Å². The smallest absolute Gasteiger partial charge is 1.00 e. The third kappa shape index (κ3) is 9.00. The molecule has 12 heterocycles. The number of hydrogen-bond acceptors (Lipinski definition) is 15. The van der Waals surface area contributed by atoms with Crippen molar-refractivity contribution in [1.82, 2.24) is 73.4 Å². The molecule has 24 heteroatoms. The van der Waals surface area contributed by atoms with Gasteiger partial charge in [0, 0.05) is 54.4 Å². The molecular formula is C49H56KN19O3S. The van der Waals surface area contributed by atoms with Crippen LogP contribution in [0.2, 0.25) is 0 Å². The fourth-order valence-corrected chi connectivity index (χ4v) is 11.5. The summed E-state index contributed by atoms with van der Waals surface area (Å²) in [6.45, 7) is 13.0. The first-order valence-corrected chi connectivity index (χ1v) is 25.7. The number of hydrogen-bond donors (Lipinski definition) is 4. The number of imidazole rings is 3. The van der Waals surface area contributed by atoms with Gasteiger partial charge in [-0.1, -0.05) is 38.5 Å². The molecule has 0 aliphatic carbocycles. The van der Waals surface area contributed by atoms with Crippen molar-refractivity contribution in [2.75, 3.05) is 54.7 Å². The first kappa shape index (κ1) is 50.1. The Labute approximate surface area is 464 Å². The first-order valence-electron chi connectivity index (χ1n) is 24.2. The molecule has 3 aliphatic heterocycles. The fourth-order valence-electron chi connectivity index (χ4n) is 10.2. The van der Waals surface area contributed by atoms with Crippen LogP contribution in [-0.2, 0) is 14.8 Å². The molecular weight excluding hydrogens is 974 g/mol. The fraction of sp³-hybridized carbons (Fsp3) is 0.347. The van der Waals surface area contributed by atoms with E-state index in [1.54, 1.807) is 66.5 Å². The second-order valence-corrected chi connectivity index (χ2v) is 20.0. The number of carbonyl (C=O) groups excluding carboxylic acids is 1. The van der Waals surface area contributed by atoms with E-state index in [-0.39, 0.29) is 76.1 Å². The van der Waals surface area contributed by atoms with Crippen LogP contribution in [-0.4, -0.2) is 135 Å². The molecule has 1 aromatic carbocycles. The molecule has 1 amide bonds. The molecule has 3 fully saturated rings. The number of benzene rings is 1. The number of aromatic nitrogens is 12. The number of H-pyrrole nitrogens is 2. The van der Waals surface area contributed by atoms with Gasteiger partial charge in [-0.25, -0.2) is 56.3 Å². The van der Waals surface area contributed by atoms with E-state index in [0.717, 1.165) is 112 Å². The van der Waals surface area contributed by atoms with Crippen LogP contribution < -0.4 is 77.0 Å². The van der Waals surface area contributed by atoms with E-state index in [2.05, 4.69) is 97.0 Å². The van der Waals surface area contributed by atoms with E-state index in [4.69, 9.17) is 5.26 Å². The van der Waals surface area contributed by atoms with E-state index < -0.39 is 10.0 Å². The quantitative estimate of drug-likeness (QED) is 0.151. The van der Waals surface area contributed by atoms with Crippen molar-refractivity contribution in [3.8, 4) is 6.07 Å². The second kappa shape index (κ2) is 20.8. The number of amides is 1. The van der Waals surface area contributed by atoms with Gasteiger partial charge in [-0.15, -0.1) is 0 Å². The Morgan fingerprint density at radius 1 is 0.685 bits per heavy atom. The zero-order valence-electron chi connectivity index (χ0n) is 42.4. The molecule has 0 spiro atoms. The molecule has 3 aliphatic rings. The Morgan fingerprint density at radius 2 is 1.19 bits per heavy atom.